The first kappa shape index (κ1) is 39.1. The standard InChI is InChI=1S/C64H43N5/c1-3-20-41(4-2)67-56-32-17-13-25-45(56)53-37-40(35-36-59(53)67)62-49-29-12-16-31-55(49)65-64(66-62)69-57-33-18-14-26-46(57)54-38-51(44-24-9-11-28-48(44)63(54)69)52-39-60-61(47-27-10-8-23-43(47)52)50-30-15-19-34-58(50)68(60)42-21-6-5-7-22-42/h3-38,52H,1-2,39H2/b41-20+. The van der Waals surface area contributed by atoms with Gasteiger partial charge in [-0.15, -0.1) is 0 Å². The van der Waals surface area contributed by atoms with Crippen molar-refractivity contribution in [1.82, 2.24) is 23.7 Å². The van der Waals surface area contributed by atoms with Crippen LogP contribution in [0.5, 0.6) is 0 Å². The van der Waals surface area contributed by atoms with E-state index in [-0.39, 0.29) is 5.92 Å². The van der Waals surface area contributed by atoms with Crippen LogP contribution in [0, 0.1) is 0 Å². The average Bonchev–Trinajstić information content (AvgIpc) is 4.05. The largest absolute Gasteiger partial charge is 0.313 e. The number of hydrogen-bond acceptors (Lipinski definition) is 2. The Morgan fingerprint density at radius 2 is 1.12 bits per heavy atom. The predicted octanol–water partition coefficient (Wildman–Crippen LogP) is 16.2. The minimum atomic E-state index is 0.0936. The van der Waals surface area contributed by atoms with E-state index in [4.69, 9.17) is 9.97 Å². The summed E-state index contributed by atoms with van der Waals surface area (Å²) in [5.74, 6) is 0.731. The second-order valence-corrected chi connectivity index (χ2v) is 18.1. The maximum atomic E-state index is 5.62. The van der Waals surface area contributed by atoms with Gasteiger partial charge in [-0.05, 0) is 95.2 Å². The predicted molar refractivity (Wildman–Crippen MR) is 289 cm³/mol. The molecular weight excluding hydrogens is 839 g/mol. The number of para-hydroxylation sites is 5. The molecule has 0 saturated heterocycles. The van der Waals surface area contributed by atoms with Gasteiger partial charge >= 0.3 is 0 Å². The van der Waals surface area contributed by atoms with Crippen LogP contribution in [0.1, 0.15) is 22.7 Å². The second-order valence-electron chi connectivity index (χ2n) is 18.1. The first-order valence-electron chi connectivity index (χ1n) is 23.7. The fourth-order valence-electron chi connectivity index (χ4n) is 11.8. The zero-order valence-electron chi connectivity index (χ0n) is 37.7. The van der Waals surface area contributed by atoms with Gasteiger partial charge in [0.25, 0.3) is 0 Å². The highest BCUT2D eigenvalue weighted by molar-refractivity contribution is 6.20. The van der Waals surface area contributed by atoms with Crippen molar-refractivity contribution in [3.05, 3.63) is 248 Å². The molecule has 0 aliphatic heterocycles. The van der Waals surface area contributed by atoms with Crippen molar-refractivity contribution in [3.8, 4) is 34.0 Å². The van der Waals surface area contributed by atoms with Gasteiger partial charge in [0.15, 0.2) is 0 Å². The number of aromatic nitrogens is 5. The molecule has 0 N–H and O–H groups in total. The lowest BCUT2D eigenvalue weighted by Gasteiger charge is -2.29. The van der Waals surface area contributed by atoms with Crippen LogP contribution in [0.4, 0.5) is 0 Å². The molecule has 0 amide bonds. The van der Waals surface area contributed by atoms with Crippen molar-refractivity contribution in [2.45, 2.75) is 12.3 Å². The van der Waals surface area contributed by atoms with Crippen molar-refractivity contribution in [1.29, 1.82) is 0 Å². The highest BCUT2D eigenvalue weighted by Gasteiger charge is 2.33. The van der Waals surface area contributed by atoms with Gasteiger partial charge in [0.05, 0.1) is 38.8 Å². The highest BCUT2D eigenvalue weighted by atomic mass is 15.2. The SMILES string of the molecule is C=C/C=C(\C=C)n1c2ccccc2c2cc(-c3nc(-n4c5ccccc5c5cc(C6Cc7c(c8ccccc8n7-c7ccccc7)-c7ccccc76)c6ccccc6c54)nc4ccccc34)ccc21. The summed E-state index contributed by atoms with van der Waals surface area (Å²) in [5.41, 5.74) is 17.2. The molecule has 0 radical (unpaired) electrons. The molecule has 13 aromatic rings. The summed E-state index contributed by atoms with van der Waals surface area (Å²) in [5, 5.41) is 9.34. The normalized spacial score (nSPS) is 13.8. The third-order valence-electron chi connectivity index (χ3n) is 14.6. The van der Waals surface area contributed by atoms with E-state index in [1.54, 1.807) is 0 Å². The van der Waals surface area contributed by atoms with Crippen molar-refractivity contribution in [3.63, 3.8) is 0 Å². The molecule has 1 aliphatic carbocycles. The van der Waals surface area contributed by atoms with Gasteiger partial charge in [0.2, 0.25) is 5.95 Å². The van der Waals surface area contributed by atoms with Crippen LogP contribution in [0.15, 0.2) is 232 Å². The molecule has 0 spiro atoms. The maximum Gasteiger partial charge on any atom is 0.235 e. The molecule has 4 heterocycles. The number of hydrogen-bond donors (Lipinski definition) is 0. The Bertz CT molecular complexity index is 4300. The molecule has 1 atom stereocenters. The van der Waals surface area contributed by atoms with Crippen molar-refractivity contribution >= 4 is 81.9 Å². The summed E-state index contributed by atoms with van der Waals surface area (Å²) >= 11 is 0. The molecule has 14 rings (SSSR count). The fourth-order valence-corrected chi connectivity index (χ4v) is 11.8. The van der Waals surface area contributed by atoms with E-state index in [9.17, 15) is 0 Å². The Balaban J connectivity index is 1.01. The lowest BCUT2D eigenvalue weighted by molar-refractivity contribution is 0.763. The van der Waals surface area contributed by atoms with Gasteiger partial charge < -0.3 is 9.13 Å². The van der Waals surface area contributed by atoms with E-state index in [0.29, 0.717) is 5.95 Å². The van der Waals surface area contributed by atoms with E-state index in [1.165, 1.54) is 66.1 Å². The third-order valence-corrected chi connectivity index (χ3v) is 14.6. The molecule has 0 bridgehead atoms. The average molecular weight is 882 g/mol. The summed E-state index contributed by atoms with van der Waals surface area (Å²) in [6.07, 6.45) is 6.56. The number of allylic oxidation sites excluding steroid dienone is 4. The summed E-state index contributed by atoms with van der Waals surface area (Å²) in [7, 11) is 0. The summed E-state index contributed by atoms with van der Waals surface area (Å²) in [6.45, 7) is 8.15. The van der Waals surface area contributed by atoms with E-state index >= 15 is 0 Å². The smallest absolute Gasteiger partial charge is 0.235 e. The van der Waals surface area contributed by atoms with Crippen molar-refractivity contribution in [2.24, 2.45) is 0 Å². The Hall–Kier alpha value is -9.06. The maximum absolute atomic E-state index is 5.62. The minimum Gasteiger partial charge on any atom is -0.313 e. The van der Waals surface area contributed by atoms with E-state index < -0.39 is 0 Å². The van der Waals surface area contributed by atoms with Crippen LogP contribution in [0.3, 0.4) is 0 Å². The fraction of sp³-hybridized carbons (Fsp3) is 0.0312. The molecule has 4 aromatic heterocycles. The monoisotopic (exact) mass is 881 g/mol. The first-order chi connectivity index (χ1) is 34.2. The summed E-state index contributed by atoms with van der Waals surface area (Å²) in [6, 6.07) is 72.7. The summed E-state index contributed by atoms with van der Waals surface area (Å²) in [4.78, 5) is 11.0. The lowest BCUT2D eigenvalue weighted by Crippen LogP contribution is -2.15. The number of benzene rings is 9. The lowest BCUT2D eigenvalue weighted by atomic mass is 9.76. The van der Waals surface area contributed by atoms with Gasteiger partial charge in [0.1, 0.15) is 0 Å². The molecule has 5 nitrogen and oxygen atoms in total. The Kier molecular flexibility index (Phi) is 8.65. The Morgan fingerprint density at radius 1 is 0.493 bits per heavy atom. The van der Waals surface area contributed by atoms with Crippen molar-refractivity contribution in [2.75, 3.05) is 0 Å². The number of rotatable bonds is 7. The van der Waals surface area contributed by atoms with Gasteiger partial charge in [-0.25, -0.2) is 9.97 Å². The minimum absolute atomic E-state index is 0.0936. The zero-order chi connectivity index (χ0) is 45.7. The molecule has 324 valence electrons. The zero-order valence-corrected chi connectivity index (χ0v) is 37.7. The molecule has 1 aliphatic rings. The second kappa shape index (κ2) is 15.2. The number of nitrogens with zero attached hydrogens (tertiary/aromatic N) is 5. The first-order valence-corrected chi connectivity index (χ1v) is 23.7. The Labute approximate surface area is 398 Å². The van der Waals surface area contributed by atoms with Gasteiger partial charge in [0, 0.05) is 71.8 Å². The molecule has 0 fully saturated rings. The van der Waals surface area contributed by atoms with Crippen LogP contribution in [-0.2, 0) is 6.42 Å². The van der Waals surface area contributed by atoms with Crippen LogP contribution in [0.25, 0.3) is 116 Å². The molecule has 9 aromatic carbocycles. The van der Waals surface area contributed by atoms with Gasteiger partial charge in [-0.1, -0.05) is 165 Å². The van der Waals surface area contributed by atoms with E-state index in [1.807, 2.05) is 18.2 Å². The van der Waals surface area contributed by atoms with Crippen LogP contribution >= 0.6 is 0 Å². The van der Waals surface area contributed by atoms with Crippen LogP contribution < -0.4 is 0 Å². The van der Waals surface area contributed by atoms with Gasteiger partial charge in [-0.2, -0.15) is 0 Å². The third kappa shape index (κ3) is 5.71. The quantitative estimate of drug-likeness (QED) is 0.150. The van der Waals surface area contributed by atoms with E-state index in [2.05, 4.69) is 227 Å². The van der Waals surface area contributed by atoms with Crippen molar-refractivity contribution < 1.29 is 0 Å². The van der Waals surface area contributed by atoms with E-state index in [0.717, 1.165) is 67.1 Å². The number of fused-ring (bicyclic) bond motifs is 14. The molecule has 1 unspecified atom stereocenters. The molecule has 69 heavy (non-hydrogen) atoms. The Morgan fingerprint density at radius 3 is 1.90 bits per heavy atom. The molecular formula is C64H43N5. The van der Waals surface area contributed by atoms with Crippen LogP contribution in [-0.4, -0.2) is 23.7 Å². The topological polar surface area (TPSA) is 40.6 Å². The van der Waals surface area contributed by atoms with Gasteiger partial charge in [-0.3, -0.25) is 4.57 Å². The molecule has 0 saturated carbocycles. The highest BCUT2D eigenvalue weighted by Crippen LogP contribution is 2.51. The van der Waals surface area contributed by atoms with Crippen LogP contribution in [0.2, 0.25) is 0 Å². The summed E-state index contributed by atoms with van der Waals surface area (Å²) < 4.78 is 7.08. The molecule has 5 heteroatoms.